The fourth-order valence-corrected chi connectivity index (χ4v) is 3.73. The molecule has 2 N–H and O–H groups in total. The number of rotatable bonds is 7. The van der Waals surface area contributed by atoms with Gasteiger partial charge in [-0.05, 0) is 43.7 Å². The molecule has 1 atom stereocenters. The highest BCUT2D eigenvalue weighted by molar-refractivity contribution is 7.98. The molecule has 0 spiro atoms. The van der Waals surface area contributed by atoms with Crippen LogP contribution in [-0.4, -0.2) is 35.0 Å². The van der Waals surface area contributed by atoms with E-state index in [1.54, 1.807) is 18.6 Å². The summed E-state index contributed by atoms with van der Waals surface area (Å²) >= 11 is 1.34. The molecule has 148 valence electrons. The van der Waals surface area contributed by atoms with Crippen molar-refractivity contribution in [3.8, 4) is 0 Å². The number of aryl methyl sites for hydroxylation is 2. The molecule has 0 aliphatic heterocycles. The molecule has 2 aromatic heterocycles. The highest BCUT2D eigenvalue weighted by Crippen LogP contribution is 2.29. The number of hydrogen-bond acceptors (Lipinski definition) is 6. The first-order chi connectivity index (χ1) is 13.3. The second-order valence-electron chi connectivity index (χ2n) is 6.67. The van der Waals surface area contributed by atoms with Crippen molar-refractivity contribution in [1.82, 2.24) is 5.32 Å². The summed E-state index contributed by atoms with van der Waals surface area (Å²) in [6.07, 6.45) is 3.59. The van der Waals surface area contributed by atoms with E-state index in [2.05, 4.69) is 5.32 Å². The summed E-state index contributed by atoms with van der Waals surface area (Å²) in [7, 11) is 0. The number of nitrogens with one attached hydrogen (secondary N) is 1. The second kappa shape index (κ2) is 8.10. The zero-order chi connectivity index (χ0) is 20.4. The molecule has 3 aromatic rings. The van der Waals surface area contributed by atoms with Gasteiger partial charge in [-0.2, -0.15) is 11.8 Å². The Morgan fingerprint density at radius 2 is 1.96 bits per heavy atom. The third-order valence-electron chi connectivity index (χ3n) is 4.74. The normalized spacial score (nSPS) is 12.4. The van der Waals surface area contributed by atoms with Crippen molar-refractivity contribution in [2.45, 2.75) is 32.7 Å². The Hall–Kier alpha value is -2.74. The van der Waals surface area contributed by atoms with E-state index in [4.69, 9.17) is 13.9 Å². The summed E-state index contributed by atoms with van der Waals surface area (Å²) in [5.74, 6) is -1.22. The van der Waals surface area contributed by atoms with Crippen LogP contribution in [0.5, 0.6) is 0 Å². The van der Waals surface area contributed by atoms with Crippen molar-refractivity contribution in [3.05, 3.63) is 45.5 Å². The van der Waals surface area contributed by atoms with Crippen LogP contribution in [0.25, 0.3) is 21.9 Å². The summed E-state index contributed by atoms with van der Waals surface area (Å²) in [4.78, 5) is 35.7. The van der Waals surface area contributed by atoms with Crippen LogP contribution in [0.4, 0.5) is 0 Å². The Labute approximate surface area is 165 Å². The average Bonchev–Trinajstić information content (AvgIpc) is 3.00. The fraction of sp³-hybridized carbons (Fsp3) is 0.350. The lowest BCUT2D eigenvalue weighted by Crippen LogP contribution is -2.42. The van der Waals surface area contributed by atoms with E-state index in [0.717, 1.165) is 21.9 Å². The monoisotopic (exact) mass is 403 g/mol. The van der Waals surface area contributed by atoms with E-state index >= 15 is 0 Å². The molecule has 3 rings (SSSR count). The van der Waals surface area contributed by atoms with Crippen molar-refractivity contribution in [2.24, 2.45) is 0 Å². The number of aliphatic carboxylic acids is 1. The molecule has 2 heterocycles. The lowest BCUT2D eigenvalue weighted by Gasteiger charge is -2.13. The minimum atomic E-state index is -1.08. The number of carboxylic acid groups (broad SMARTS) is 1. The maximum absolute atomic E-state index is 12.4. The van der Waals surface area contributed by atoms with Crippen molar-refractivity contribution in [2.75, 3.05) is 12.0 Å². The molecule has 0 radical (unpaired) electrons. The molecule has 0 aliphatic carbocycles. The van der Waals surface area contributed by atoms with E-state index in [1.165, 1.54) is 11.8 Å². The minimum Gasteiger partial charge on any atom is -0.480 e. The zero-order valence-corrected chi connectivity index (χ0v) is 16.6. The molecule has 28 heavy (non-hydrogen) atoms. The van der Waals surface area contributed by atoms with E-state index in [1.807, 2.05) is 19.9 Å². The molecule has 0 saturated carbocycles. The van der Waals surface area contributed by atoms with Crippen LogP contribution in [0.3, 0.4) is 0 Å². The fourth-order valence-electron chi connectivity index (χ4n) is 3.17. The number of fused-ring (bicyclic) bond motifs is 2. The number of thioether (sulfide) groups is 1. The number of carbonyl (C=O) groups excluding carboxylic acids is 1. The third kappa shape index (κ3) is 3.91. The second-order valence-corrected chi connectivity index (χ2v) is 7.58. The van der Waals surface area contributed by atoms with Crippen LogP contribution >= 0.6 is 11.8 Å². The van der Waals surface area contributed by atoms with Gasteiger partial charge in [-0.1, -0.05) is 0 Å². The summed E-state index contributed by atoms with van der Waals surface area (Å²) < 4.78 is 10.9. The number of amides is 1. The largest absolute Gasteiger partial charge is 0.480 e. The Morgan fingerprint density at radius 1 is 1.21 bits per heavy atom. The quantitative estimate of drug-likeness (QED) is 0.584. The van der Waals surface area contributed by atoms with Gasteiger partial charge in [-0.25, -0.2) is 9.59 Å². The summed E-state index contributed by atoms with van der Waals surface area (Å²) in [6, 6.07) is 2.67. The number of carboxylic acids is 1. The van der Waals surface area contributed by atoms with Gasteiger partial charge in [0.2, 0.25) is 5.91 Å². The van der Waals surface area contributed by atoms with E-state index in [-0.39, 0.29) is 18.6 Å². The molecule has 7 nitrogen and oxygen atoms in total. The highest BCUT2D eigenvalue weighted by Gasteiger charge is 2.20. The lowest BCUT2D eigenvalue weighted by atomic mass is 10.0. The van der Waals surface area contributed by atoms with Crippen LogP contribution in [0.15, 0.2) is 32.0 Å². The number of carbonyl (C=O) groups is 2. The first-order valence-electron chi connectivity index (χ1n) is 8.77. The van der Waals surface area contributed by atoms with Crippen LogP contribution < -0.4 is 10.9 Å². The molecule has 8 heteroatoms. The minimum absolute atomic E-state index is 0.00223. The molecule has 0 saturated heterocycles. The van der Waals surface area contributed by atoms with Gasteiger partial charge < -0.3 is 19.3 Å². The smallest absolute Gasteiger partial charge is 0.339 e. The van der Waals surface area contributed by atoms with Crippen LogP contribution in [0.2, 0.25) is 0 Å². The molecular weight excluding hydrogens is 382 g/mol. The van der Waals surface area contributed by atoms with Crippen molar-refractivity contribution in [1.29, 1.82) is 0 Å². The van der Waals surface area contributed by atoms with Gasteiger partial charge in [0.05, 0.1) is 6.26 Å². The molecule has 0 bridgehead atoms. The standard InChI is InChI=1S/C20H21NO6S/c1-10-8-26-16-7-17-14(6-13(10)16)11(2)12(20(25)27-17)4-5-18(22)21-15(9-28-3)19(23)24/h6-8,15H,4-5,9H2,1-3H3,(H,21,22)(H,23,24)/t15-/m0/s1. The van der Waals surface area contributed by atoms with Gasteiger partial charge in [0.25, 0.3) is 0 Å². The topological polar surface area (TPSA) is 110 Å². The van der Waals surface area contributed by atoms with E-state index < -0.39 is 23.5 Å². The summed E-state index contributed by atoms with van der Waals surface area (Å²) in [5.41, 5.74) is 2.73. The average molecular weight is 403 g/mol. The Kier molecular flexibility index (Phi) is 5.79. The predicted molar refractivity (Wildman–Crippen MR) is 108 cm³/mol. The van der Waals surface area contributed by atoms with Crippen molar-refractivity contribution < 1.29 is 23.5 Å². The molecule has 0 aliphatic rings. The maximum atomic E-state index is 12.4. The van der Waals surface area contributed by atoms with Crippen LogP contribution in [-0.2, 0) is 16.0 Å². The zero-order valence-electron chi connectivity index (χ0n) is 15.8. The molecule has 1 amide bonds. The van der Waals surface area contributed by atoms with Gasteiger partial charge in [0.1, 0.15) is 17.2 Å². The molecule has 0 unspecified atom stereocenters. The number of hydrogen-bond donors (Lipinski definition) is 2. The van der Waals surface area contributed by atoms with Gasteiger partial charge >= 0.3 is 11.6 Å². The summed E-state index contributed by atoms with van der Waals surface area (Å²) in [5, 5.41) is 13.4. The lowest BCUT2D eigenvalue weighted by molar-refractivity contribution is -0.141. The number of benzene rings is 1. The van der Waals surface area contributed by atoms with Crippen molar-refractivity contribution in [3.63, 3.8) is 0 Å². The maximum Gasteiger partial charge on any atom is 0.339 e. The van der Waals surface area contributed by atoms with E-state index in [0.29, 0.717) is 16.7 Å². The first-order valence-corrected chi connectivity index (χ1v) is 10.2. The van der Waals surface area contributed by atoms with Gasteiger partial charge in [0.15, 0.2) is 0 Å². The summed E-state index contributed by atoms with van der Waals surface area (Å²) in [6.45, 7) is 3.76. The number of furan rings is 1. The Bertz CT molecular complexity index is 1110. The van der Waals surface area contributed by atoms with Crippen molar-refractivity contribution >= 4 is 45.6 Å². The predicted octanol–water partition coefficient (Wildman–Crippen LogP) is 3.02. The van der Waals surface area contributed by atoms with Crippen LogP contribution in [0.1, 0.15) is 23.1 Å². The first kappa shape index (κ1) is 20.0. The highest BCUT2D eigenvalue weighted by atomic mass is 32.2. The third-order valence-corrected chi connectivity index (χ3v) is 5.41. The van der Waals surface area contributed by atoms with E-state index in [9.17, 15) is 14.4 Å². The molecule has 0 fully saturated rings. The Balaban J connectivity index is 1.85. The van der Waals surface area contributed by atoms with Gasteiger partial charge in [-0.3, -0.25) is 4.79 Å². The van der Waals surface area contributed by atoms with Gasteiger partial charge in [-0.15, -0.1) is 0 Å². The Morgan fingerprint density at radius 3 is 2.64 bits per heavy atom. The van der Waals surface area contributed by atoms with Gasteiger partial charge in [0, 0.05) is 34.6 Å². The SMILES string of the molecule is CSC[C@H](NC(=O)CCc1c(C)c2cc3c(C)coc3cc2oc1=O)C(=O)O. The molecule has 1 aromatic carbocycles. The van der Waals surface area contributed by atoms with Crippen LogP contribution in [0, 0.1) is 13.8 Å². The molecular formula is C20H21NO6S.